The Kier molecular flexibility index (Phi) is 5.13. The monoisotopic (exact) mass is 268 g/mol. The topological polar surface area (TPSA) is 54.0 Å². The zero-order chi connectivity index (χ0) is 13.7. The van der Waals surface area contributed by atoms with Crippen LogP contribution in [0.5, 0.6) is 0 Å². The Morgan fingerprint density at radius 2 is 2.16 bits per heavy atom. The van der Waals surface area contributed by atoms with E-state index in [1.807, 2.05) is 0 Å². The van der Waals surface area contributed by atoms with E-state index in [4.69, 9.17) is 18.9 Å². The van der Waals surface area contributed by atoms with Crippen molar-refractivity contribution in [1.82, 2.24) is 0 Å². The van der Waals surface area contributed by atoms with Gasteiger partial charge in [-0.15, -0.1) is 13.2 Å². The number of allylic oxidation sites excluding steroid dienone is 1. The first-order valence-corrected chi connectivity index (χ1v) is 6.54. The lowest BCUT2D eigenvalue weighted by atomic mass is 10.0. The van der Waals surface area contributed by atoms with E-state index in [0.29, 0.717) is 32.5 Å². The molecule has 2 aliphatic heterocycles. The number of rotatable bonds is 7. The molecule has 0 saturated carbocycles. The second-order valence-electron chi connectivity index (χ2n) is 4.63. The second kappa shape index (κ2) is 6.84. The molecular formula is C14H20O5. The quantitative estimate of drug-likeness (QED) is 0.518. The van der Waals surface area contributed by atoms with Crippen LogP contribution in [0.2, 0.25) is 0 Å². The maximum absolute atomic E-state index is 11.6. The molecule has 106 valence electrons. The van der Waals surface area contributed by atoms with Gasteiger partial charge in [0.25, 0.3) is 0 Å². The minimum Gasteiger partial charge on any atom is -0.457 e. The molecule has 0 aromatic carbocycles. The third-order valence-electron chi connectivity index (χ3n) is 3.18. The van der Waals surface area contributed by atoms with Crippen LogP contribution in [0.3, 0.4) is 0 Å². The minimum atomic E-state index is -0.457. The molecule has 4 atom stereocenters. The summed E-state index contributed by atoms with van der Waals surface area (Å²) in [6.07, 6.45) is 3.87. The van der Waals surface area contributed by atoms with Gasteiger partial charge in [0.05, 0.1) is 19.3 Å². The van der Waals surface area contributed by atoms with Crippen molar-refractivity contribution in [3.05, 3.63) is 25.3 Å². The molecule has 19 heavy (non-hydrogen) atoms. The summed E-state index contributed by atoms with van der Waals surface area (Å²) in [5, 5.41) is 0. The molecule has 2 aliphatic rings. The predicted molar refractivity (Wildman–Crippen MR) is 68.5 cm³/mol. The average molecular weight is 268 g/mol. The molecule has 5 nitrogen and oxygen atoms in total. The Morgan fingerprint density at radius 1 is 1.32 bits per heavy atom. The first kappa shape index (κ1) is 14.2. The van der Waals surface area contributed by atoms with E-state index < -0.39 is 12.4 Å². The fourth-order valence-corrected chi connectivity index (χ4v) is 2.24. The molecule has 0 spiro atoms. The van der Waals surface area contributed by atoms with Crippen molar-refractivity contribution in [3.63, 3.8) is 0 Å². The second-order valence-corrected chi connectivity index (χ2v) is 4.63. The fraction of sp³-hybridized carbons (Fsp3) is 0.643. The zero-order valence-electron chi connectivity index (χ0n) is 11.0. The van der Waals surface area contributed by atoms with Gasteiger partial charge in [0.2, 0.25) is 0 Å². The SMILES string of the molecule is C=CCCC(=O)OC1CC(OCC=C)C2COC1O2. The number of ether oxygens (including phenoxy) is 4. The molecule has 0 aromatic rings. The molecule has 0 aromatic heterocycles. The van der Waals surface area contributed by atoms with Crippen LogP contribution in [0, 0.1) is 0 Å². The first-order chi connectivity index (χ1) is 9.24. The van der Waals surface area contributed by atoms with Crippen LogP contribution in [0.4, 0.5) is 0 Å². The van der Waals surface area contributed by atoms with Gasteiger partial charge < -0.3 is 18.9 Å². The van der Waals surface area contributed by atoms with E-state index in [-0.39, 0.29) is 18.2 Å². The van der Waals surface area contributed by atoms with E-state index in [1.165, 1.54) is 0 Å². The summed E-state index contributed by atoms with van der Waals surface area (Å²) in [6, 6.07) is 0. The van der Waals surface area contributed by atoms with Crippen LogP contribution in [0.25, 0.3) is 0 Å². The largest absolute Gasteiger partial charge is 0.457 e. The number of carbonyl (C=O) groups is 1. The normalized spacial score (nSPS) is 32.8. The van der Waals surface area contributed by atoms with Gasteiger partial charge in [-0.25, -0.2) is 0 Å². The summed E-state index contributed by atoms with van der Waals surface area (Å²) in [7, 11) is 0. The Bertz CT molecular complexity index is 341. The van der Waals surface area contributed by atoms with Crippen molar-refractivity contribution in [2.45, 2.75) is 43.9 Å². The Hall–Kier alpha value is -1.17. The van der Waals surface area contributed by atoms with Crippen molar-refractivity contribution >= 4 is 5.97 Å². The van der Waals surface area contributed by atoms with Gasteiger partial charge in [0, 0.05) is 12.8 Å². The van der Waals surface area contributed by atoms with Crippen LogP contribution in [-0.2, 0) is 23.7 Å². The van der Waals surface area contributed by atoms with E-state index >= 15 is 0 Å². The lowest BCUT2D eigenvalue weighted by Gasteiger charge is -2.32. The van der Waals surface area contributed by atoms with E-state index in [9.17, 15) is 4.79 Å². The smallest absolute Gasteiger partial charge is 0.306 e. The zero-order valence-corrected chi connectivity index (χ0v) is 11.0. The van der Waals surface area contributed by atoms with Crippen molar-refractivity contribution in [2.75, 3.05) is 13.2 Å². The standard InChI is InChI=1S/C14H20O5/c1-3-5-6-13(15)18-11-8-10(16-7-4-2)12-9-17-14(11)19-12/h3-4,10-12,14H,1-2,5-9H2. The number of esters is 1. The molecule has 0 N–H and O–H groups in total. The lowest BCUT2D eigenvalue weighted by molar-refractivity contribution is -0.208. The van der Waals surface area contributed by atoms with E-state index in [0.717, 1.165) is 0 Å². The molecule has 2 heterocycles. The van der Waals surface area contributed by atoms with Crippen LogP contribution in [-0.4, -0.2) is 43.8 Å². The molecule has 0 radical (unpaired) electrons. The van der Waals surface area contributed by atoms with Crippen molar-refractivity contribution in [3.8, 4) is 0 Å². The number of hydrogen-bond acceptors (Lipinski definition) is 5. The van der Waals surface area contributed by atoms with Crippen LogP contribution in [0.1, 0.15) is 19.3 Å². The van der Waals surface area contributed by atoms with E-state index in [1.54, 1.807) is 12.2 Å². The highest BCUT2D eigenvalue weighted by molar-refractivity contribution is 5.69. The van der Waals surface area contributed by atoms with Crippen LogP contribution < -0.4 is 0 Å². The molecular weight excluding hydrogens is 248 g/mol. The molecule has 5 heteroatoms. The summed E-state index contributed by atoms with van der Waals surface area (Å²) >= 11 is 0. The maximum atomic E-state index is 11.6. The molecule has 2 rings (SSSR count). The summed E-state index contributed by atoms with van der Waals surface area (Å²) < 4.78 is 22.1. The van der Waals surface area contributed by atoms with Gasteiger partial charge in [-0.2, -0.15) is 0 Å². The van der Waals surface area contributed by atoms with Crippen LogP contribution >= 0.6 is 0 Å². The Morgan fingerprint density at radius 3 is 2.89 bits per heavy atom. The molecule has 2 bridgehead atoms. The van der Waals surface area contributed by atoms with Crippen molar-refractivity contribution < 1.29 is 23.7 Å². The summed E-state index contributed by atoms with van der Waals surface area (Å²) in [6.45, 7) is 8.12. The Labute approximate surface area is 113 Å². The number of fused-ring (bicyclic) bond motifs is 2. The highest BCUT2D eigenvalue weighted by Crippen LogP contribution is 2.31. The summed E-state index contributed by atoms with van der Waals surface area (Å²) in [5.74, 6) is -0.259. The first-order valence-electron chi connectivity index (χ1n) is 6.54. The summed E-state index contributed by atoms with van der Waals surface area (Å²) in [5.41, 5.74) is 0. The van der Waals surface area contributed by atoms with Gasteiger partial charge in [-0.1, -0.05) is 12.2 Å². The number of carbonyl (C=O) groups excluding carboxylic acids is 1. The molecule has 2 fully saturated rings. The highest BCUT2D eigenvalue weighted by Gasteiger charge is 2.46. The molecule has 0 amide bonds. The van der Waals surface area contributed by atoms with Gasteiger partial charge in [0.15, 0.2) is 12.4 Å². The van der Waals surface area contributed by atoms with Gasteiger partial charge >= 0.3 is 5.97 Å². The van der Waals surface area contributed by atoms with Crippen molar-refractivity contribution in [1.29, 1.82) is 0 Å². The van der Waals surface area contributed by atoms with Crippen LogP contribution in [0.15, 0.2) is 25.3 Å². The summed E-state index contributed by atoms with van der Waals surface area (Å²) in [4.78, 5) is 11.6. The minimum absolute atomic E-state index is 0.0759. The van der Waals surface area contributed by atoms with E-state index in [2.05, 4.69) is 13.2 Å². The molecule has 2 saturated heterocycles. The van der Waals surface area contributed by atoms with Gasteiger partial charge in [0.1, 0.15) is 6.10 Å². The maximum Gasteiger partial charge on any atom is 0.306 e. The third-order valence-corrected chi connectivity index (χ3v) is 3.18. The lowest BCUT2D eigenvalue weighted by Crippen LogP contribution is -2.45. The fourth-order valence-electron chi connectivity index (χ4n) is 2.24. The van der Waals surface area contributed by atoms with Crippen molar-refractivity contribution in [2.24, 2.45) is 0 Å². The molecule has 4 unspecified atom stereocenters. The number of hydrogen-bond donors (Lipinski definition) is 0. The van der Waals surface area contributed by atoms with Gasteiger partial charge in [-0.05, 0) is 6.42 Å². The average Bonchev–Trinajstić information content (AvgIpc) is 2.83. The highest BCUT2D eigenvalue weighted by atomic mass is 16.8. The van der Waals surface area contributed by atoms with Gasteiger partial charge in [-0.3, -0.25) is 4.79 Å². The Balaban J connectivity index is 1.87. The predicted octanol–water partition coefficient (Wildman–Crippen LogP) is 1.58. The molecule has 0 aliphatic carbocycles. The third kappa shape index (κ3) is 3.65.